The van der Waals surface area contributed by atoms with Gasteiger partial charge in [0, 0.05) is 44.0 Å². The van der Waals surface area contributed by atoms with Crippen molar-refractivity contribution in [2.24, 2.45) is 0 Å². The van der Waals surface area contributed by atoms with Gasteiger partial charge in [-0.1, -0.05) is 18.2 Å². The topological polar surface area (TPSA) is 92.3 Å². The van der Waals surface area contributed by atoms with Crippen LogP contribution in [0.1, 0.15) is 35.3 Å². The molecule has 160 valence electrons. The third-order valence-electron chi connectivity index (χ3n) is 5.11. The van der Waals surface area contributed by atoms with Crippen LogP contribution in [0.15, 0.2) is 55.0 Å². The van der Waals surface area contributed by atoms with E-state index in [2.05, 4.69) is 37.6 Å². The summed E-state index contributed by atoms with van der Waals surface area (Å²) in [4.78, 5) is 28.2. The van der Waals surface area contributed by atoms with Crippen molar-refractivity contribution in [3.63, 3.8) is 0 Å². The zero-order chi connectivity index (χ0) is 21.6. The summed E-state index contributed by atoms with van der Waals surface area (Å²) in [6.45, 7) is 5.50. The van der Waals surface area contributed by atoms with E-state index in [1.54, 1.807) is 25.5 Å². The molecule has 1 aliphatic rings. The van der Waals surface area contributed by atoms with Crippen LogP contribution in [0, 0.1) is 0 Å². The number of nitrogens with one attached hydrogen (secondary N) is 2. The molecule has 0 fully saturated rings. The Bertz CT molecular complexity index is 1040. The highest BCUT2D eigenvalue weighted by Gasteiger charge is 2.24. The van der Waals surface area contributed by atoms with Gasteiger partial charge in [-0.25, -0.2) is 4.98 Å². The van der Waals surface area contributed by atoms with E-state index in [4.69, 9.17) is 9.72 Å². The molecule has 0 radical (unpaired) electrons. The van der Waals surface area contributed by atoms with Gasteiger partial charge in [0.25, 0.3) is 5.91 Å². The minimum absolute atomic E-state index is 0.286. The summed E-state index contributed by atoms with van der Waals surface area (Å²) in [5, 5.41) is 6.13. The normalized spacial score (nSPS) is 13.5. The minimum atomic E-state index is -0.407. The molecule has 1 unspecified atom stereocenters. The smallest absolute Gasteiger partial charge is 0.258 e. The molecule has 1 amide bonds. The Balaban J connectivity index is 1.62. The summed E-state index contributed by atoms with van der Waals surface area (Å²) >= 11 is 0. The highest BCUT2D eigenvalue weighted by molar-refractivity contribution is 5.98. The number of anilines is 3. The predicted molar refractivity (Wildman–Crippen MR) is 119 cm³/mol. The van der Waals surface area contributed by atoms with E-state index in [1.807, 2.05) is 31.2 Å². The summed E-state index contributed by atoms with van der Waals surface area (Å²) in [7, 11) is 0. The first-order chi connectivity index (χ1) is 15.2. The fourth-order valence-corrected chi connectivity index (χ4v) is 3.59. The van der Waals surface area contributed by atoms with Gasteiger partial charge < -0.3 is 20.3 Å². The van der Waals surface area contributed by atoms with Crippen LogP contribution in [0.25, 0.3) is 0 Å². The van der Waals surface area contributed by atoms with Crippen LogP contribution in [0.4, 0.5) is 17.5 Å². The Morgan fingerprint density at radius 2 is 2.03 bits per heavy atom. The van der Waals surface area contributed by atoms with E-state index in [0.717, 1.165) is 24.2 Å². The second-order valence-electron chi connectivity index (χ2n) is 7.24. The number of pyridine rings is 1. The number of nitrogens with zero attached hydrogens (tertiary/aromatic N) is 4. The molecule has 0 aliphatic carbocycles. The van der Waals surface area contributed by atoms with Crippen molar-refractivity contribution in [1.29, 1.82) is 0 Å². The van der Waals surface area contributed by atoms with E-state index in [0.29, 0.717) is 30.5 Å². The largest absolute Gasteiger partial charge is 0.365 e. The van der Waals surface area contributed by atoms with Crippen molar-refractivity contribution in [3.8, 4) is 0 Å². The van der Waals surface area contributed by atoms with Gasteiger partial charge >= 0.3 is 0 Å². The van der Waals surface area contributed by atoms with E-state index >= 15 is 0 Å². The van der Waals surface area contributed by atoms with Crippen molar-refractivity contribution in [1.82, 2.24) is 20.3 Å². The zero-order valence-electron chi connectivity index (χ0n) is 17.7. The van der Waals surface area contributed by atoms with Crippen molar-refractivity contribution >= 4 is 23.4 Å². The third-order valence-corrected chi connectivity index (χ3v) is 5.11. The predicted octanol–water partition coefficient (Wildman–Crippen LogP) is 3.29. The van der Waals surface area contributed by atoms with Crippen LogP contribution in [0.5, 0.6) is 0 Å². The Labute approximate surface area is 181 Å². The van der Waals surface area contributed by atoms with Gasteiger partial charge in [-0.05, 0) is 49.6 Å². The molecule has 8 nitrogen and oxygen atoms in total. The lowest BCUT2D eigenvalue weighted by atomic mass is 10.2. The average Bonchev–Trinajstić information content (AvgIpc) is 3.22. The number of amides is 1. The van der Waals surface area contributed by atoms with Crippen LogP contribution >= 0.6 is 0 Å². The Kier molecular flexibility index (Phi) is 6.37. The van der Waals surface area contributed by atoms with Crippen LogP contribution in [0.2, 0.25) is 0 Å². The molecule has 3 heterocycles. The lowest BCUT2D eigenvalue weighted by Gasteiger charge is -2.20. The standard InChI is InChI=1S/C23H26N6O2/c1-3-31-16(2)27-22(30)19-15-26-23(29-13-10-18-6-4-5-7-20(18)29)28-21(19)25-14-17-8-11-24-12-9-17/h4-9,11-12,15-16H,3,10,13-14H2,1-2H3,(H,27,30)(H,25,26,28). The summed E-state index contributed by atoms with van der Waals surface area (Å²) in [5.74, 6) is 0.760. The van der Waals surface area contributed by atoms with Gasteiger partial charge in [-0.3, -0.25) is 9.78 Å². The third kappa shape index (κ3) is 4.80. The Morgan fingerprint density at radius 3 is 2.84 bits per heavy atom. The molecule has 0 spiro atoms. The van der Waals surface area contributed by atoms with Crippen molar-refractivity contribution in [2.45, 2.75) is 33.0 Å². The maximum atomic E-state index is 12.9. The van der Waals surface area contributed by atoms with E-state index < -0.39 is 6.23 Å². The first-order valence-electron chi connectivity index (χ1n) is 10.4. The lowest BCUT2D eigenvalue weighted by Crippen LogP contribution is -2.35. The molecule has 0 saturated heterocycles. The highest BCUT2D eigenvalue weighted by Crippen LogP contribution is 2.33. The van der Waals surface area contributed by atoms with E-state index in [-0.39, 0.29) is 5.91 Å². The summed E-state index contributed by atoms with van der Waals surface area (Å²) in [6, 6.07) is 12.1. The average molecular weight is 419 g/mol. The van der Waals surface area contributed by atoms with Gasteiger partial charge in [-0.15, -0.1) is 0 Å². The molecule has 2 N–H and O–H groups in total. The molecule has 31 heavy (non-hydrogen) atoms. The number of rotatable bonds is 8. The molecule has 2 aromatic heterocycles. The molecule has 1 aromatic carbocycles. The van der Waals surface area contributed by atoms with Crippen molar-refractivity contribution in [2.75, 3.05) is 23.4 Å². The zero-order valence-corrected chi connectivity index (χ0v) is 17.7. The molecular formula is C23H26N6O2. The quantitative estimate of drug-likeness (QED) is 0.542. The van der Waals surface area contributed by atoms with Gasteiger partial charge in [-0.2, -0.15) is 4.98 Å². The van der Waals surface area contributed by atoms with Crippen LogP contribution in [-0.2, 0) is 17.7 Å². The molecule has 1 atom stereocenters. The molecular weight excluding hydrogens is 392 g/mol. The summed E-state index contributed by atoms with van der Waals surface area (Å²) in [5.41, 5.74) is 3.78. The number of fused-ring (bicyclic) bond motifs is 1. The number of hydrogen-bond acceptors (Lipinski definition) is 7. The number of hydrogen-bond donors (Lipinski definition) is 2. The maximum Gasteiger partial charge on any atom is 0.258 e. The minimum Gasteiger partial charge on any atom is -0.365 e. The molecule has 0 saturated carbocycles. The molecule has 8 heteroatoms. The number of carbonyl (C=O) groups is 1. The number of ether oxygens (including phenoxy) is 1. The first kappa shape index (κ1) is 20.7. The molecule has 3 aromatic rings. The molecule has 0 bridgehead atoms. The maximum absolute atomic E-state index is 12.9. The van der Waals surface area contributed by atoms with Crippen molar-refractivity contribution < 1.29 is 9.53 Å². The fraction of sp³-hybridized carbons (Fsp3) is 0.304. The molecule has 1 aliphatic heterocycles. The number of aromatic nitrogens is 3. The SMILES string of the molecule is CCOC(C)NC(=O)c1cnc(N2CCc3ccccc32)nc1NCc1ccncc1. The number of benzene rings is 1. The number of carbonyl (C=O) groups excluding carboxylic acids is 1. The first-order valence-corrected chi connectivity index (χ1v) is 10.4. The van der Waals surface area contributed by atoms with E-state index in [1.165, 1.54) is 5.56 Å². The van der Waals surface area contributed by atoms with Crippen molar-refractivity contribution in [3.05, 3.63) is 71.7 Å². The summed E-state index contributed by atoms with van der Waals surface area (Å²) < 4.78 is 5.44. The highest BCUT2D eigenvalue weighted by atomic mass is 16.5. The van der Waals surface area contributed by atoms with E-state index in [9.17, 15) is 4.79 Å². The molecule has 4 rings (SSSR count). The lowest BCUT2D eigenvalue weighted by molar-refractivity contribution is 0.0450. The van der Waals surface area contributed by atoms with Gasteiger partial charge in [0.1, 0.15) is 17.6 Å². The fourth-order valence-electron chi connectivity index (χ4n) is 3.59. The Morgan fingerprint density at radius 1 is 1.23 bits per heavy atom. The second kappa shape index (κ2) is 9.53. The monoisotopic (exact) mass is 418 g/mol. The summed E-state index contributed by atoms with van der Waals surface area (Å²) in [6.07, 6.45) is 5.58. The van der Waals surface area contributed by atoms with Crippen LogP contribution < -0.4 is 15.5 Å². The van der Waals surface area contributed by atoms with Gasteiger partial charge in [0.15, 0.2) is 0 Å². The number of para-hydroxylation sites is 1. The van der Waals surface area contributed by atoms with Crippen LogP contribution in [-0.4, -0.2) is 40.2 Å². The van der Waals surface area contributed by atoms with Gasteiger partial charge in [0.2, 0.25) is 5.95 Å². The Hall–Kier alpha value is -3.52. The second-order valence-corrected chi connectivity index (χ2v) is 7.24. The van der Waals surface area contributed by atoms with Crippen LogP contribution in [0.3, 0.4) is 0 Å². The van der Waals surface area contributed by atoms with Gasteiger partial charge in [0.05, 0.1) is 0 Å².